The molecule has 0 bridgehead atoms. The molecule has 0 aliphatic heterocycles. The van der Waals surface area contributed by atoms with Gasteiger partial charge in [0.2, 0.25) is 0 Å². The van der Waals surface area contributed by atoms with E-state index >= 15 is 0 Å². The number of nitrogens with zero attached hydrogens (tertiary/aromatic N) is 1. The molecule has 0 fully saturated rings. The lowest BCUT2D eigenvalue weighted by atomic mass is 10.3. The summed E-state index contributed by atoms with van der Waals surface area (Å²) in [7, 11) is 1.63. The van der Waals surface area contributed by atoms with Crippen molar-refractivity contribution in [1.82, 2.24) is 5.32 Å². The molecule has 3 nitrogen and oxygen atoms in total. The van der Waals surface area contributed by atoms with Crippen LogP contribution in [0.5, 0.6) is 0 Å². The number of carbonyl (C=O) groups excluding carboxylic acids is 1. The van der Waals surface area contributed by atoms with Crippen LogP contribution in [0.4, 0.5) is 10.5 Å². The molecule has 0 spiro atoms. The summed E-state index contributed by atoms with van der Waals surface area (Å²) in [4.78, 5) is 12.9. The maximum Gasteiger partial charge on any atom is 0.332 e. The van der Waals surface area contributed by atoms with E-state index in [9.17, 15) is 4.79 Å². The Labute approximate surface area is 111 Å². The molecule has 0 aliphatic carbocycles. The minimum Gasteiger partial charge on any atom is -0.340 e. The van der Waals surface area contributed by atoms with Crippen LogP contribution in [0.15, 0.2) is 65.6 Å². The molecule has 2 rings (SSSR count). The predicted octanol–water partition coefficient (Wildman–Crippen LogP) is 3.54. The van der Waals surface area contributed by atoms with E-state index in [-0.39, 0.29) is 6.03 Å². The molecule has 2 amide bonds. The third kappa shape index (κ3) is 3.05. The number of benzene rings is 2. The van der Waals surface area contributed by atoms with Gasteiger partial charge in [0.15, 0.2) is 0 Å². The second kappa shape index (κ2) is 6.12. The highest BCUT2D eigenvalue weighted by Gasteiger charge is 2.15. The van der Waals surface area contributed by atoms with Crippen molar-refractivity contribution in [2.75, 3.05) is 11.4 Å². The number of para-hydroxylation sites is 1. The normalized spacial score (nSPS) is 9.83. The smallest absolute Gasteiger partial charge is 0.332 e. The Balaban J connectivity index is 2.24. The number of anilines is 1. The molecule has 0 unspecified atom stereocenters. The third-order valence-electron chi connectivity index (χ3n) is 2.33. The van der Waals surface area contributed by atoms with Gasteiger partial charge in [-0.05, 0) is 36.2 Å². The largest absolute Gasteiger partial charge is 0.340 e. The van der Waals surface area contributed by atoms with Crippen LogP contribution in [0, 0.1) is 0 Å². The van der Waals surface area contributed by atoms with Crippen LogP contribution in [0.1, 0.15) is 0 Å². The highest BCUT2D eigenvalue weighted by molar-refractivity contribution is 8.01. The lowest BCUT2D eigenvalue weighted by Crippen LogP contribution is -2.32. The molecule has 92 valence electrons. The molecule has 2 aromatic carbocycles. The Morgan fingerprint density at radius 3 is 2.11 bits per heavy atom. The van der Waals surface area contributed by atoms with E-state index in [1.165, 1.54) is 11.9 Å². The van der Waals surface area contributed by atoms with Crippen LogP contribution >= 0.6 is 11.9 Å². The topological polar surface area (TPSA) is 32.3 Å². The van der Waals surface area contributed by atoms with Crippen molar-refractivity contribution in [3.63, 3.8) is 0 Å². The fraction of sp³-hybridized carbons (Fsp3) is 0.0714. The molecule has 0 aromatic heterocycles. The molecule has 2 aromatic rings. The molecular formula is C14H14N2OS. The molecule has 0 atom stereocenters. The zero-order valence-corrected chi connectivity index (χ0v) is 10.9. The lowest BCUT2D eigenvalue weighted by Gasteiger charge is -2.20. The number of urea groups is 1. The first kappa shape index (κ1) is 12.5. The van der Waals surface area contributed by atoms with Crippen molar-refractivity contribution in [3.05, 3.63) is 60.7 Å². The quantitative estimate of drug-likeness (QED) is 0.854. The Morgan fingerprint density at radius 2 is 1.56 bits per heavy atom. The van der Waals surface area contributed by atoms with Crippen LogP contribution in [-0.2, 0) is 0 Å². The first-order valence-corrected chi connectivity index (χ1v) is 6.38. The fourth-order valence-corrected chi connectivity index (χ4v) is 2.35. The van der Waals surface area contributed by atoms with E-state index in [0.29, 0.717) is 0 Å². The number of rotatable bonds is 3. The van der Waals surface area contributed by atoms with Gasteiger partial charge in [-0.15, -0.1) is 0 Å². The van der Waals surface area contributed by atoms with Crippen molar-refractivity contribution in [2.24, 2.45) is 0 Å². The maximum absolute atomic E-state index is 11.9. The minimum atomic E-state index is -0.143. The minimum absolute atomic E-state index is 0.143. The van der Waals surface area contributed by atoms with Gasteiger partial charge in [-0.3, -0.25) is 0 Å². The molecule has 1 N–H and O–H groups in total. The van der Waals surface area contributed by atoms with Crippen LogP contribution < -0.4 is 9.62 Å². The van der Waals surface area contributed by atoms with Gasteiger partial charge in [-0.1, -0.05) is 36.4 Å². The highest BCUT2D eigenvalue weighted by Crippen LogP contribution is 2.28. The highest BCUT2D eigenvalue weighted by atomic mass is 32.2. The van der Waals surface area contributed by atoms with Crippen molar-refractivity contribution >= 4 is 23.7 Å². The Morgan fingerprint density at radius 1 is 1.00 bits per heavy atom. The Hall–Kier alpha value is -1.94. The maximum atomic E-state index is 11.9. The van der Waals surface area contributed by atoms with Gasteiger partial charge in [-0.25, -0.2) is 9.10 Å². The summed E-state index contributed by atoms with van der Waals surface area (Å²) < 4.78 is 1.63. The van der Waals surface area contributed by atoms with Gasteiger partial charge in [0.05, 0.1) is 5.69 Å². The summed E-state index contributed by atoms with van der Waals surface area (Å²) in [5.41, 5.74) is 0.853. The standard InChI is InChI=1S/C14H14N2OS/c1-15-14(17)16(12-8-4-2-5-9-12)18-13-10-6-3-7-11-13/h2-11H,1H3,(H,15,17). The Kier molecular flexibility index (Phi) is 4.25. The van der Waals surface area contributed by atoms with Crippen molar-refractivity contribution in [3.8, 4) is 0 Å². The summed E-state index contributed by atoms with van der Waals surface area (Å²) in [6.07, 6.45) is 0. The summed E-state index contributed by atoms with van der Waals surface area (Å²) in [6, 6.07) is 19.2. The summed E-state index contributed by atoms with van der Waals surface area (Å²) in [5, 5.41) is 2.65. The summed E-state index contributed by atoms with van der Waals surface area (Å²) in [5.74, 6) is 0. The number of hydrogen-bond acceptors (Lipinski definition) is 2. The monoisotopic (exact) mass is 258 g/mol. The van der Waals surface area contributed by atoms with Gasteiger partial charge in [-0.2, -0.15) is 0 Å². The average Bonchev–Trinajstić information content (AvgIpc) is 2.46. The first-order valence-electron chi connectivity index (χ1n) is 5.61. The van der Waals surface area contributed by atoms with E-state index in [1.54, 1.807) is 11.4 Å². The Bertz CT molecular complexity index is 502. The van der Waals surface area contributed by atoms with E-state index in [2.05, 4.69) is 5.32 Å². The van der Waals surface area contributed by atoms with Crippen LogP contribution in [0.25, 0.3) is 0 Å². The molecule has 0 heterocycles. The molecule has 0 saturated heterocycles. The van der Waals surface area contributed by atoms with Crippen molar-refractivity contribution in [1.29, 1.82) is 0 Å². The number of amides is 2. The van der Waals surface area contributed by atoms with Gasteiger partial charge in [0.25, 0.3) is 0 Å². The average molecular weight is 258 g/mol. The van der Waals surface area contributed by atoms with Gasteiger partial charge in [0.1, 0.15) is 0 Å². The van der Waals surface area contributed by atoms with Crippen molar-refractivity contribution in [2.45, 2.75) is 4.90 Å². The SMILES string of the molecule is CNC(=O)N(Sc1ccccc1)c1ccccc1. The lowest BCUT2D eigenvalue weighted by molar-refractivity contribution is 0.251. The number of hydrogen-bond donors (Lipinski definition) is 1. The third-order valence-corrected chi connectivity index (χ3v) is 3.37. The molecular weight excluding hydrogens is 244 g/mol. The van der Waals surface area contributed by atoms with Crippen LogP contribution in [0.3, 0.4) is 0 Å². The van der Waals surface area contributed by atoms with E-state index in [4.69, 9.17) is 0 Å². The summed E-state index contributed by atoms with van der Waals surface area (Å²) in [6.45, 7) is 0. The van der Waals surface area contributed by atoms with E-state index < -0.39 is 0 Å². The fourth-order valence-electron chi connectivity index (χ4n) is 1.46. The van der Waals surface area contributed by atoms with Crippen LogP contribution in [0.2, 0.25) is 0 Å². The first-order chi connectivity index (χ1) is 8.81. The van der Waals surface area contributed by atoms with Gasteiger partial charge < -0.3 is 5.32 Å². The molecule has 18 heavy (non-hydrogen) atoms. The zero-order valence-electron chi connectivity index (χ0n) is 10.0. The molecule has 0 radical (unpaired) electrons. The second-order valence-electron chi connectivity index (χ2n) is 3.59. The summed E-state index contributed by atoms with van der Waals surface area (Å²) >= 11 is 1.40. The van der Waals surface area contributed by atoms with E-state index in [0.717, 1.165) is 10.6 Å². The van der Waals surface area contributed by atoms with E-state index in [1.807, 2.05) is 60.7 Å². The number of carbonyl (C=O) groups is 1. The predicted molar refractivity (Wildman–Crippen MR) is 75.7 cm³/mol. The number of nitrogens with one attached hydrogen (secondary N) is 1. The van der Waals surface area contributed by atoms with Gasteiger partial charge >= 0.3 is 6.03 Å². The van der Waals surface area contributed by atoms with Crippen LogP contribution in [-0.4, -0.2) is 13.1 Å². The molecule has 4 heteroatoms. The zero-order chi connectivity index (χ0) is 12.8. The second-order valence-corrected chi connectivity index (χ2v) is 4.61. The molecule has 0 aliphatic rings. The van der Waals surface area contributed by atoms with Gasteiger partial charge in [0, 0.05) is 11.9 Å². The molecule has 0 saturated carbocycles. The van der Waals surface area contributed by atoms with Crippen molar-refractivity contribution < 1.29 is 4.79 Å².